The van der Waals surface area contributed by atoms with Crippen molar-refractivity contribution in [2.45, 2.75) is 19.3 Å². The van der Waals surface area contributed by atoms with E-state index in [0.29, 0.717) is 12.8 Å². The molecule has 7 heavy (non-hydrogen) atoms. The molecule has 1 radical (unpaired) electrons. The van der Waals surface area contributed by atoms with Crippen LogP contribution in [0.25, 0.3) is 0 Å². The van der Waals surface area contributed by atoms with Gasteiger partial charge in [-0.2, -0.15) is 0 Å². The van der Waals surface area contributed by atoms with E-state index < -0.39 is 0 Å². The van der Waals surface area contributed by atoms with E-state index in [1.165, 1.54) is 0 Å². The standard InChI is InChI=1S/C6H8F/c1-2-3-4-5-6-7/h3-6H2. The minimum atomic E-state index is -0.262. The van der Waals surface area contributed by atoms with E-state index in [0.717, 1.165) is 6.42 Å². The van der Waals surface area contributed by atoms with Gasteiger partial charge >= 0.3 is 0 Å². The first-order valence-electron chi connectivity index (χ1n) is 2.37. The molecule has 0 N–H and O–H groups in total. The third-order valence-electron chi connectivity index (χ3n) is 0.685. The molecular formula is C6H8F. The van der Waals surface area contributed by atoms with E-state index in [1.54, 1.807) is 0 Å². The molecular weight excluding hydrogens is 91.1 g/mol. The highest BCUT2D eigenvalue weighted by Gasteiger charge is 1.80. The molecule has 0 rings (SSSR count). The summed E-state index contributed by atoms with van der Waals surface area (Å²) in [5, 5.41) is 0. The van der Waals surface area contributed by atoms with Gasteiger partial charge in [0.25, 0.3) is 0 Å². The molecule has 0 nitrogen and oxygen atoms in total. The second-order valence-electron chi connectivity index (χ2n) is 1.32. The van der Waals surface area contributed by atoms with Crippen LogP contribution in [0.3, 0.4) is 0 Å². The largest absolute Gasteiger partial charge is 0.251 e. The first kappa shape index (κ1) is 6.49. The molecule has 0 atom stereocenters. The summed E-state index contributed by atoms with van der Waals surface area (Å²) in [4.78, 5) is 0. The Hall–Kier alpha value is -0.510. The third kappa shape index (κ3) is 5.49. The Bertz CT molecular complexity index is 61.1. The SMILES string of the molecule is [C]#CCCCCF. The molecule has 0 aromatic rings. The van der Waals surface area contributed by atoms with Gasteiger partial charge in [0, 0.05) is 6.42 Å². The summed E-state index contributed by atoms with van der Waals surface area (Å²) in [6.07, 6.45) is 8.35. The number of rotatable bonds is 3. The Labute approximate surface area is 43.7 Å². The molecule has 0 aromatic heterocycles. The van der Waals surface area contributed by atoms with Crippen LogP contribution in [0.5, 0.6) is 0 Å². The van der Waals surface area contributed by atoms with Crippen LogP contribution in [0.2, 0.25) is 0 Å². The zero-order chi connectivity index (χ0) is 5.54. The van der Waals surface area contributed by atoms with Gasteiger partial charge in [0.15, 0.2) is 0 Å². The van der Waals surface area contributed by atoms with E-state index in [-0.39, 0.29) is 6.67 Å². The van der Waals surface area contributed by atoms with Crippen LogP contribution in [-0.2, 0) is 0 Å². The van der Waals surface area contributed by atoms with E-state index in [1.807, 2.05) is 0 Å². The van der Waals surface area contributed by atoms with Crippen molar-refractivity contribution in [2.75, 3.05) is 6.67 Å². The number of alkyl halides is 1. The summed E-state index contributed by atoms with van der Waals surface area (Å²) < 4.78 is 11.2. The van der Waals surface area contributed by atoms with Gasteiger partial charge in [-0.3, -0.25) is 4.39 Å². The van der Waals surface area contributed by atoms with Crippen molar-refractivity contribution >= 4 is 0 Å². The first-order valence-corrected chi connectivity index (χ1v) is 2.37. The van der Waals surface area contributed by atoms with Gasteiger partial charge in [0.05, 0.1) is 6.67 Å². The summed E-state index contributed by atoms with van der Waals surface area (Å²) in [5.41, 5.74) is 0. The molecule has 1 heteroatoms. The Morgan fingerprint density at radius 3 is 2.57 bits per heavy atom. The van der Waals surface area contributed by atoms with Crippen molar-refractivity contribution in [3.05, 3.63) is 6.42 Å². The van der Waals surface area contributed by atoms with Gasteiger partial charge in [0.2, 0.25) is 0 Å². The van der Waals surface area contributed by atoms with E-state index in [4.69, 9.17) is 6.42 Å². The number of unbranched alkanes of at least 4 members (excludes halogenated alkanes) is 2. The number of hydrogen-bond donors (Lipinski definition) is 0. The summed E-state index contributed by atoms with van der Waals surface area (Å²) in [7, 11) is 0. The number of halogens is 1. The fourth-order valence-electron chi connectivity index (χ4n) is 0.308. The van der Waals surface area contributed by atoms with Crippen LogP contribution in [-0.4, -0.2) is 6.67 Å². The van der Waals surface area contributed by atoms with Crippen LogP contribution < -0.4 is 0 Å². The second kappa shape index (κ2) is 5.49. The molecule has 0 spiro atoms. The monoisotopic (exact) mass is 99.1 g/mol. The molecule has 0 aliphatic heterocycles. The number of hydrogen-bond acceptors (Lipinski definition) is 0. The highest BCUT2D eigenvalue weighted by atomic mass is 19.1. The maximum Gasteiger partial charge on any atom is 0.0894 e. The summed E-state index contributed by atoms with van der Waals surface area (Å²) in [6.45, 7) is -0.262. The van der Waals surface area contributed by atoms with Crippen LogP contribution in [0, 0.1) is 12.3 Å². The molecule has 0 amide bonds. The molecule has 0 saturated carbocycles. The molecule has 0 bridgehead atoms. The highest BCUT2D eigenvalue weighted by molar-refractivity contribution is 4.73. The molecule has 0 aromatic carbocycles. The van der Waals surface area contributed by atoms with Crippen LogP contribution in [0.4, 0.5) is 4.39 Å². The Kier molecular flexibility index (Phi) is 5.09. The quantitative estimate of drug-likeness (QED) is 0.373. The lowest BCUT2D eigenvalue weighted by Gasteiger charge is -1.83. The van der Waals surface area contributed by atoms with Crippen molar-refractivity contribution in [3.8, 4) is 5.92 Å². The topological polar surface area (TPSA) is 0 Å². The lowest BCUT2D eigenvalue weighted by molar-refractivity contribution is 0.464. The first-order chi connectivity index (χ1) is 3.41. The average Bonchev–Trinajstić information content (AvgIpc) is 1.69. The van der Waals surface area contributed by atoms with E-state index in [9.17, 15) is 4.39 Å². The Balaban J connectivity index is 2.60. The zero-order valence-corrected chi connectivity index (χ0v) is 4.21. The van der Waals surface area contributed by atoms with Crippen LogP contribution >= 0.6 is 0 Å². The van der Waals surface area contributed by atoms with Crippen molar-refractivity contribution in [1.82, 2.24) is 0 Å². The lowest BCUT2D eigenvalue weighted by Crippen LogP contribution is -1.73. The van der Waals surface area contributed by atoms with E-state index in [2.05, 4.69) is 5.92 Å². The van der Waals surface area contributed by atoms with Gasteiger partial charge in [-0.15, -0.1) is 0 Å². The summed E-state index contributed by atoms with van der Waals surface area (Å²) in [6, 6.07) is 0. The smallest absolute Gasteiger partial charge is 0.0894 e. The van der Waals surface area contributed by atoms with Gasteiger partial charge in [-0.25, -0.2) is 0 Å². The lowest BCUT2D eigenvalue weighted by atomic mass is 10.3. The summed E-state index contributed by atoms with van der Waals surface area (Å²) in [5.74, 6) is 2.19. The van der Waals surface area contributed by atoms with Gasteiger partial charge in [0.1, 0.15) is 0 Å². The predicted molar refractivity (Wildman–Crippen MR) is 27.0 cm³/mol. The van der Waals surface area contributed by atoms with Gasteiger partial charge in [-0.05, 0) is 19.3 Å². The summed E-state index contributed by atoms with van der Waals surface area (Å²) >= 11 is 0. The third-order valence-corrected chi connectivity index (χ3v) is 0.685. The predicted octanol–water partition coefficient (Wildman–Crippen LogP) is 1.72. The molecule has 0 aliphatic carbocycles. The maximum atomic E-state index is 11.2. The Morgan fingerprint density at radius 2 is 2.14 bits per heavy atom. The Morgan fingerprint density at radius 1 is 1.43 bits per heavy atom. The normalized spacial score (nSPS) is 8.00. The fraction of sp³-hybridized carbons (Fsp3) is 0.667. The van der Waals surface area contributed by atoms with Crippen LogP contribution in [0.15, 0.2) is 0 Å². The van der Waals surface area contributed by atoms with Crippen molar-refractivity contribution in [2.24, 2.45) is 0 Å². The minimum absolute atomic E-state index is 0.262. The molecule has 0 fully saturated rings. The zero-order valence-electron chi connectivity index (χ0n) is 4.21. The molecule has 0 saturated heterocycles. The molecule has 0 unspecified atom stereocenters. The van der Waals surface area contributed by atoms with Crippen molar-refractivity contribution in [3.63, 3.8) is 0 Å². The average molecular weight is 99.1 g/mol. The van der Waals surface area contributed by atoms with E-state index >= 15 is 0 Å². The van der Waals surface area contributed by atoms with Crippen LogP contribution in [0.1, 0.15) is 19.3 Å². The second-order valence-corrected chi connectivity index (χ2v) is 1.32. The van der Waals surface area contributed by atoms with Crippen molar-refractivity contribution in [1.29, 1.82) is 0 Å². The molecule has 39 valence electrons. The van der Waals surface area contributed by atoms with Crippen molar-refractivity contribution < 1.29 is 4.39 Å². The molecule has 0 heterocycles. The fourth-order valence-corrected chi connectivity index (χ4v) is 0.308. The maximum absolute atomic E-state index is 11.2. The van der Waals surface area contributed by atoms with Gasteiger partial charge < -0.3 is 0 Å². The highest BCUT2D eigenvalue weighted by Crippen LogP contribution is 1.92. The molecule has 0 aliphatic rings. The van der Waals surface area contributed by atoms with Gasteiger partial charge in [-0.1, -0.05) is 5.92 Å². The minimum Gasteiger partial charge on any atom is -0.251 e.